The van der Waals surface area contributed by atoms with Crippen LogP contribution in [0.15, 0.2) is 36.4 Å². The number of aryl methyl sites for hydroxylation is 1. The summed E-state index contributed by atoms with van der Waals surface area (Å²) in [4.78, 5) is 13.5. The Labute approximate surface area is 172 Å². The van der Waals surface area contributed by atoms with E-state index in [2.05, 4.69) is 48.6 Å². The van der Waals surface area contributed by atoms with Gasteiger partial charge in [0.25, 0.3) is 0 Å². The average Bonchev–Trinajstić information content (AvgIpc) is 2.73. The second-order valence-electron chi connectivity index (χ2n) is 7.52. The van der Waals surface area contributed by atoms with Gasteiger partial charge in [0.05, 0.1) is 27.3 Å². The number of carbonyl (C=O) groups excluding carboxylic acids is 1. The summed E-state index contributed by atoms with van der Waals surface area (Å²) in [5.41, 5.74) is 5.01. The lowest BCUT2D eigenvalue weighted by atomic mass is 9.91. The van der Waals surface area contributed by atoms with Crippen molar-refractivity contribution >= 4 is 5.91 Å². The van der Waals surface area contributed by atoms with Crippen LogP contribution in [0.3, 0.4) is 0 Å². The molecule has 0 saturated carbocycles. The van der Waals surface area contributed by atoms with Crippen LogP contribution in [-0.2, 0) is 22.5 Å². The van der Waals surface area contributed by atoms with Gasteiger partial charge in [0.1, 0.15) is 19.2 Å². The van der Waals surface area contributed by atoms with Gasteiger partial charge in [-0.05, 0) is 24.6 Å². The van der Waals surface area contributed by atoms with Crippen LogP contribution in [0, 0.1) is 6.92 Å². The van der Waals surface area contributed by atoms with Gasteiger partial charge in [-0.25, -0.2) is 0 Å². The van der Waals surface area contributed by atoms with E-state index in [4.69, 9.17) is 14.2 Å². The second kappa shape index (κ2) is 9.76. The van der Waals surface area contributed by atoms with Crippen LogP contribution in [-0.4, -0.2) is 46.9 Å². The number of benzene rings is 2. The minimum absolute atomic E-state index is 0.0683. The van der Waals surface area contributed by atoms with Crippen LogP contribution in [0.5, 0.6) is 11.5 Å². The molecular weight excluding hydrogens is 368 g/mol. The van der Waals surface area contributed by atoms with Gasteiger partial charge >= 0.3 is 0 Å². The smallest absolute Gasteiger partial charge is 0.246 e. The van der Waals surface area contributed by atoms with Gasteiger partial charge in [0, 0.05) is 24.7 Å². The summed E-state index contributed by atoms with van der Waals surface area (Å²) in [5, 5.41) is 3.03. The lowest BCUT2D eigenvalue weighted by Crippen LogP contribution is -3.12. The zero-order valence-corrected chi connectivity index (χ0v) is 17.7. The van der Waals surface area contributed by atoms with Crippen molar-refractivity contribution in [2.24, 2.45) is 0 Å². The van der Waals surface area contributed by atoms with Crippen LogP contribution < -0.4 is 19.7 Å². The highest BCUT2D eigenvalue weighted by Gasteiger charge is 2.32. The highest BCUT2D eigenvalue weighted by atomic mass is 16.5. The molecule has 6 heteroatoms. The Morgan fingerprint density at radius 1 is 1.10 bits per heavy atom. The maximum Gasteiger partial charge on any atom is 0.246 e. The number of methoxy groups -OCH3 is 3. The van der Waals surface area contributed by atoms with Gasteiger partial charge in [-0.1, -0.05) is 29.8 Å². The molecule has 0 radical (unpaired) electrons. The Bertz CT molecular complexity index is 836. The molecule has 2 N–H and O–H groups in total. The Balaban J connectivity index is 1.89. The number of rotatable bonds is 8. The van der Waals surface area contributed by atoms with Crippen molar-refractivity contribution in [2.45, 2.75) is 25.9 Å². The summed E-state index contributed by atoms with van der Waals surface area (Å²) in [6.45, 7) is 4.60. The summed E-state index contributed by atoms with van der Waals surface area (Å²) in [6, 6.07) is 12.9. The Morgan fingerprint density at radius 2 is 1.79 bits per heavy atom. The van der Waals surface area contributed by atoms with Crippen LogP contribution in [0.2, 0.25) is 0 Å². The number of hydrogen-bond donors (Lipinski definition) is 2. The highest BCUT2D eigenvalue weighted by Crippen LogP contribution is 2.34. The molecule has 2 aromatic rings. The summed E-state index contributed by atoms with van der Waals surface area (Å²) in [7, 11) is 4.84. The lowest BCUT2D eigenvalue weighted by Gasteiger charge is -2.35. The van der Waals surface area contributed by atoms with Crippen molar-refractivity contribution < 1.29 is 23.9 Å². The Morgan fingerprint density at radius 3 is 2.45 bits per heavy atom. The summed E-state index contributed by atoms with van der Waals surface area (Å²) in [6.07, 6.45) is 0.958. The van der Waals surface area contributed by atoms with Crippen molar-refractivity contribution in [3.8, 4) is 11.5 Å². The van der Waals surface area contributed by atoms with E-state index in [1.807, 2.05) is 0 Å². The van der Waals surface area contributed by atoms with E-state index in [1.54, 1.807) is 14.2 Å². The van der Waals surface area contributed by atoms with Crippen LogP contribution in [0.4, 0.5) is 0 Å². The lowest BCUT2D eigenvalue weighted by molar-refractivity contribution is -0.945. The number of amides is 1. The van der Waals surface area contributed by atoms with E-state index in [1.165, 1.54) is 34.3 Å². The van der Waals surface area contributed by atoms with E-state index in [9.17, 15) is 4.79 Å². The maximum absolute atomic E-state index is 12.0. The van der Waals surface area contributed by atoms with Gasteiger partial charge in [-0.15, -0.1) is 0 Å². The molecule has 1 aliphatic rings. The number of fused-ring (bicyclic) bond motifs is 1. The predicted octanol–water partition coefficient (Wildman–Crippen LogP) is 1.46. The highest BCUT2D eigenvalue weighted by molar-refractivity contribution is 5.77. The quantitative estimate of drug-likeness (QED) is 0.706. The van der Waals surface area contributed by atoms with Gasteiger partial charge in [0.15, 0.2) is 11.5 Å². The molecule has 1 aliphatic heterocycles. The van der Waals surface area contributed by atoms with Crippen LogP contribution in [0.1, 0.15) is 28.3 Å². The molecule has 1 amide bonds. The Hall–Kier alpha value is -2.57. The molecule has 0 saturated heterocycles. The van der Waals surface area contributed by atoms with Crippen molar-refractivity contribution in [2.75, 3.05) is 41.0 Å². The molecule has 0 aliphatic carbocycles. The normalized spacial score (nSPS) is 18.1. The fraction of sp³-hybridized carbons (Fsp3) is 0.435. The van der Waals surface area contributed by atoms with E-state index in [0.29, 0.717) is 6.54 Å². The molecule has 3 rings (SSSR count). The molecular formula is C23H31N2O4+. The zero-order valence-electron chi connectivity index (χ0n) is 17.7. The van der Waals surface area contributed by atoms with Crippen molar-refractivity contribution in [1.29, 1.82) is 0 Å². The first-order valence-electron chi connectivity index (χ1n) is 9.96. The zero-order chi connectivity index (χ0) is 20.8. The van der Waals surface area contributed by atoms with Crippen molar-refractivity contribution in [3.05, 3.63) is 58.7 Å². The van der Waals surface area contributed by atoms with E-state index < -0.39 is 0 Å². The minimum Gasteiger partial charge on any atom is -0.493 e. The monoisotopic (exact) mass is 399 g/mol. The first-order valence-corrected chi connectivity index (χ1v) is 9.96. The number of nitrogens with one attached hydrogen (secondary N) is 2. The van der Waals surface area contributed by atoms with E-state index >= 15 is 0 Å². The third-order valence-corrected chi connectivity index (χ3v) is 5.56. The largest absolute Gasteiger partial charge is 0.493 e. The molecule has 2 atom stereocenters. The topological polar surface area (TPSA) is 61.2 Å². The number of carbonyl (C=O) groups is 1. The molecule has 1 unspecified atom stereocenters. The maximum atomic E-state index is 12.0. The fourth-order valence-electron chi connectivity index (χ4n) is 4.00. The average molecular weight is 400 g/mol. The van der Waals surface area contributed by atoms with Gasteiger partial charge in [0.2, 0.25) is 5.91 Å². The molecule has 1 heterocycles. The van der Waals surface area contributed by atoms with E-state index in [0.717, 1.165) is 31.0 Å². The van der Waals surface area contributed by atoms with E-state index in [-0.39, 0.29) is 18.6 Å². The molecule has 156 valence electrons. The molecule has 0 fully saturated rings. The molecule has 29 heavy (non-hydrogen) atoms. The van der Waals surface area contributed by atoms with Crippen LogP contribution in [0.25, 0.3) is 0 Å². The van der Waals surface area contributed by atoms with Gasteiger partial charge < -0.3 is 24.4 Å². The van der Waals surface area contributed by atoms with Gasteiger partial charge in [-0.2, -0.15) is 0 Å². The number of hydrogen-bond acceptors (Lipinski definition) is 4. The van der Waals surface area contributed by atoms with Crippen LogP contribution >= 0.6 is 0 Å². The Kier molecular flexibility index (Phi) is 7.12. The van der Waals surface area contributed by atoms with Crippen molar-refractivity contribution in [1.82, 2.24) is 5.32 Å². The first-order chi connectivity index (χ1) is 14.0. The second-order valence-corrected chi connectivity index (χ2v) is 7.52. The minimum atomic E-state index is -0.102. The number of ether oxygens (including phenoxy) is 3. The number of quaternary nitrogens is 1. The molecule has 0 spiro atoms. The fourth-order valence-corrected chi connectivity index (χ4v) is 4.00. The SMILES string of the molecule is COCC(=O)NC[C@@H]1c2cc(OC)c(OC)cc2CC[NH+]1Cc1ccc(C)cc1. The first kappa shape index (κ1) is 21.1. The third-order valence-electron chi connectivity index (χ3n) is 5.56. The predicted molar refractivity (Wildman–Crippen MR) is 112 cm³/mol. The molecule has 6 nitrogen and oxygen atoms in total. The molecule has 0 bridgehead atoms. The molecule has 2 aromatic carbocycles. The summed E-state index contributed by atoms with van der Waals surface area (Å²) >= 11 is 0. The third kappa shape index (κ3) is 5.08. The van der Waals surface area contributed by atoms with Crippen molar-refractivity contribution in [3.63, 3.8) is 0 Å². The molecule has 0 aromatic heterocycles. The van der Waals surface area contributed by atoms with Gasteiger partial charge in [-0.3, -0.25) is 4.79 Å². The summed E-state index contributed by atoms with van der Waals surface area (Å²) < 4.78 is 16.0. The summed E-state index contributed by atoms with van der Waals surface area (Å²) in [5.74, 6) is 1.36. The standard InChI is InChI=1S/C23H30N2O4/c1-16-5-7-17(8-6-16)14-25-10-9-18-11-21(28-3)22(29-4)12-19(18)20(25)13-24-23(26)15-27-2/h5-8,11-12,20H,9-10,13-15H2,1-4H3,(H,24,26)/p+1/t20-/m1/s1.